The average Bonchev–Trinajstić information content (AvgIpc) is 3.32. The molecule has 0 aliphatic heterocycles. The molecule has 0 aliphatic rings. The fraction of sp³-hybridized carbons (Fsp3) is 0. The summed E-state index contributed by atoms with van der Waals surface area (Å²) in [6.45, 7) is 0. The smallest absolute Gasteiger partial charge is 0.164 e. The molecule has 3 heteroatoms. The van der Waals surface area contributed by atoms with Gasteiger partial charge in [0.1, 0.15) is 0 Å². The summed E-state index contributed by atoms with van der Waals surface area (Å²) in [4.78, 5) is 15.1. The highest BCUT2D eigenvalue weighted by atomic mass is 15.0. The molecule has 0 bridgehead atoms. The van der Waals surface area contributed by atoms with Crippen molar-refractivity contribution < 1.29 is 0 Å². The molecule has 0 unspecified atom stereocenters. The Morgan fingerprint density at radius 2 is 0.534 bits per heavy atom. The lowest BCUT2D eigenvalue weighted by Gasteiger charge is -2.12. The summed E-state index contributed by atoms with van der Waals surface area (Å²) in [5, 5.41) is 2.46. The Hall–Kier alpha value is -7.75. The van der Waals surface area contributed by atoms with E-state index in [1.165, 1.54) is 44.2 Å². The van der Waals surface area contributed by atoms with Crippen LogP contribution in [0.4, 0.5) is 0 Å². The van der Waals surface area contributed by atoms with E-state index in [-0.39, 0.29) is 0 Å². The zero-order valence-corrected chi connectivity index (χ0v) is 31.7. The SMILES string of the molecule is c1ccc(-c2cccc(-c3cccc(-c4cccc(-c5cccc(-c6nc(-c7ccccc7)nc(-c7ccc(-c8cccc9ccccc89)cc7)n6)c5)c4)c3)c2)cc1. The van der Waals surface area contributed by atoms with Crippen LogP contribution in [0.3, 0.4) is 0 Å². The van der Waals surface area contributed by atoms with Crippen LogP contribution < -0.4 is 0 Å². The lowest BCUT2D eigenvalue weighted by Crippen LogP contribution is -2.00. The van der Waals surface area contributed by atoms with E-state index in [0.29, 0.717) is 17.5 Å². The van der Waals surface area contributed by atoms with Crippen LogP contribution in [-0.4, -0.2) is 15.0 Å². The van der Waals surface area contributed by atoms with E-state index in [0.717, 1.165) is 38.9 Å². The summed E-state index contributed by atoms with van der Waals surface area (Å²) >= 11 is 0. The maximum atomic E-state index is 5.09. The highest BCUT2D eigenvalue weighted by Crippen LogP contribution is 2.34. The molecule has 0 radical (unpaired) electrons. The molecule has 272 valence electrons. The van der Waals surface area contributed by atoms with E-state index in [4.69, 9.17) is 15.0 Å². The molecule has 0 saturated heterocycles. The fourth-order valence-corrected chi connectivity index (χ4v) is 7.73. The van der Waals surface area contributed by atoms with Crippen molar-refractivity contribution in [3.8, 4) is 89.8 Å². The highest BCUT2D eigenvalue weighted by Gasteiger charge is 2.14. The topological polar surface area (TPSA) is 38.7 Å². The molecule has 0 saturated carbocycles. The molecule has 1 heterocycles. The summed E-state index contributed by atoms with van der Waals surface area (Å²) < 4.78 is 0. The Morgan fingerprint density at radius 1 is 0.207 bits per heavy atom. The standard InChI is InChI=1S/C55H37N3/c1-3-14-38(15-4-1)43-20-9-21-44(34-43)45-22-10-23-46(35-45)47-24-11-25-48(36-47)49-26-12-27-50(37-49)55-57-53(41-17-5-2-6-18-41)56-54(58-55)42-32-30-40(31-33-42)52-29-13-19-39-16-7-8-28-51(39)52/h1-37H. The van der Waals surface area contributed by atoms with Gasteiger partial charge in [0.15, 0.2) is 17.5 Å². The van der Waals surface area contributed by atoms with Gasteiger partial charge in [-0.05, 0) is 90.7 Å². The lowest BCUT2D eigenvalue weighted by molar-refractivity contribution is 1.07. The second-order valence-electron chi connectivity index (χ2n) is 14.5. The zero-order valence-electron chi connectivity index (χ0n) is 31.7. The van der Waals surface area contributed by atoms with Crippen molar-refractivity contribution in [2.75, 3.05) is 0 Å². The van der Waals surface area contributed by atoms with Gasteiger partial charge in [-0.1, -0.05) is 200 Å². The van der Waals surface area contributed by atoms with Gasteiger partial charge in [0, 0.05) is 16.7 Å². The summed E-state index contributed by atoms with van der Waals surface area (Å²) in [6.07, 6.45) is 0. The molecule has 0 aliphatic carbocycles. The van der Waals surface area contributed by atoms with E-state index in [2.05, 4.69) is 194 Å². The fourth-order valence-electron chi connectivity index (χ4n) is 7.73. The molecular weight excluding hydrogens is 703 g/mol. The van der Waals surface area contributed by atoms with Crippen LogP contribution in [0.25, 0.3) is 101 Å². The molecule has 58 heavy (non-hydrogen) atoms. The molecule has 0 spiro atoms. The van der Waals surface area contributed by atoms with E-state index in [9.17, 15) is 0 Å². The Kier molecular flexibility index (Phi) is 9.23. The summed E-state index contributed by atoms with van der Waals surface area (Å²) in [6, 6.07) is 79.0. The third kappa shape index (κ3) is 7.09. The maximum Gasteiger partial charge on any atom is 0.164 e. The number of rotatable bonds is 8. The molecule has 0 fully saturated rings. The Bertz CT molecular complexity index is 3040. The first-order valence-electron chi connectivity index (χ1n) is 19.6. The molecule has 1 aromatic heterocycles. The van der Waals surface area contributed by atoms with Gasteiger partial charge in [0.05, 0.1) is 0 Å². The molecule has 10 aromatic rings. The monoisotopic (exact) mass is 739 g/mol. The van der Waals surface area contributed by atoms with E-state index in [1.807, 2.05) is 30.3 Å². The van der Waals surface area contributed by atoms with Gasteiger partial charge < -0.3 is 0 Å². The van der Waals surface area contributed by atoms with Crippen molar-refractivity contribution in [2.45, 2.75) is 0 Å². The number of aromatic nitrogens is 3. The van der Waals surface area contributed by atoms with Gasteiger partial charge in [-0.25, -0.2) is 15.0 Å². The number of benzene rings is 9. The van der Waals surface area contributed by atoms with Crippen LogP contribution in [0.5, 0.6) is 0 Å². The molecule has 9 aromatic carbocycles. The summed E-state index contributed by atoms with van der Waals surface area (Å²) in [5.41, 5.74) is 14.5. The third-order valence-electron chi connectivity index (χ3n) is 10.7. The lowest BCUT2D eigenvalue weighted by atomic mass is 9.94. The van der Waals surface area contributed by atoms with Gasteiger partial charge in [-0.2, -0.15) is 0 Å². The Balaban J connectivity index is 0.985. The van der Waals surface area contributed by atoms with Gasteiger partial charge >= 0.3 is 0 Å². The van der Waals surface area contributed by atoms with Crippen molar-refractivity contribution in [1.82, 2.24) is 15.0 Å². The molecule has 0 N–H and O–H groups in total. The largest absolute Gasteiger partial charge is 0.208 e. The van der Waals surface area contributed by atoms with Gasteiger partial charge in [-0.15, -0.1) is 0 Å². The van der Waals surface area contributed by atoms with Crippen molar-refractivity contribution in [3.05, 3.63) is 224 Å². The first-order valence-corrected chi connectivity index (χ1v) is 19.6. The second-order valence-corrected chi connectivity index (χ2v) is 14.5. The van der Waals surface area contributed by atoms with Gasteiger partial charge in [0.25, 0.3) is 0 Å². The van der Waals surface area contributed by atoms with Crippen LogP contribution in [0, 0.1) is 0 Å². The van der Waals surface area contributed by atoms with Crippen molar-refractivity contribution >= 4 is 10.8 Å². The average molecular weight is 740 g/mol. The first-order chi connectivity index (χ1) is 28.7. The minimum absolute atomic E-state index is 0.630. The molecule has 0 amide bonds. The van der Waals surface area contributed by atoms with Crippen LogP contribution in [0.15, 0.2) is 224 Å². The van der Waals surface area contributed by atoms with Crippen LogP contribution in [-0.2, 0) is 0 Å². The minimum atomic E-state index is 0.630. The second kappa shape index (κ2) is 15.4. The van der Waals surface area contributed by atoms with Crippen LogP contribution in [0.2, 0.25) is 0 Å². The molecule has 3 nitrogen and oxygen atoms in total. The molecule has 0 atom stereocenters. The van der Waals surface area contributed by atoms with Crippen molar-refractivity contribution in [2.24, 2.45) is 0 Å². The van der Waals surface area contributed by atoms with Crippen LogP contribution in [0.1, 0.15) is 0 Å². The quantitative estimate of drug-likeness (QED) is 0.156. The normalized spacial score (nSPS) is 11.1. The van der Waals surface area contributed by atoms with Crippen LogP contribution >= 0.6 is 0 Å². The number of nitrogens with zero attached hydrogens (tertiary/aromatic N) is 3. The predicted molar refractivity (Wildman–Crippen MR) is 241 cm³/mol. The minimum Gasteiger partial charge on any atom is -0.208 e. The summed E-state index contributed by atoms with van der Waals surface area (Å²) in [5.74, 6) is 1.90. The molecular formula is C55H37N3. The maximum absolute atomic E-state index is 5.09. The summed E-state index contributed by atoms with van der Waals surface area (Å²) in [7, 11) is 0. The molecule has 10 rings (SSSR count). The van der Waals surface area contributed by atoms with E-state index >= 15 is 0 Å². The van der Waals surface area contributed by atoms with Gasteiger partial charge in [0.2, 0.25) is 0 Å². The first kappa shape index (κ1) is 34.7. The van der Waals surface area contributed by atoms with Gasteiger partial charge in [-0.3, -0.25) is 0 Å². The number of hydrogen-bond donors (Lipinski definition) is 0. The predicted octanol–water partition coefficient (Wildman–Crippen LogP) is 14.4. The Morgan fingerprint density at radius 3 is 1.07 bits per heavy atom. The zero-order chi connectivity index (χ0) is 38.7. The number of fused-ring (bicyclic) bond motifs is 1. The Labute approximate surface area is 338 Å². The van der Waals surface area contributed by atoms with E-state index < -0.39 is 0 Å². The number of hydrogen-bond acceptors (Lipinski definition) is 3. The van der Waals surface area contributed by atoms with Crippen molar-refractivity contribution in [3.63, 3.8) is 0 Å². The van der Waals surface area contributed by atoms with E-state index in [1.54, 1.807) is 0 Å². The highest BCUT2D eigenvalue weighted by molar-refractivity contribution is 5.96. The third-order valence-corrected chi connectivity index (χ3v) is 10.7. The van der Waals surface area contributed by atoms with Crippen molar-refractivity contribution in [1.29, 1.82) is 0 Å².